The lowest BCUT2D eigenvalue weighted by Gasteiger charge is -1.98. The molecule has 0 bridgehead atoms. The number of hydrogen-bond acceptors (Lipinski definition) is 2. The minimum absolute atomic E-state index is 0.338. The number of aromatic nitrogens is 2. The van der Waals surface area contributed by atoms with Crippen LogP contribution in [0.15, 0.2) is 0 Å². The first kappa shape index (κ1) is 10.1. The summed E-state index contributed by atoms with van der Waals surface area (Å²) in [4.78, 5) is 0. The van der Waals surface area contributed by atoms with Gasteiger partial charge in [-0.2, -0.15) is 5.10 Å². The number of aryl methyl sites for hydroxylation is 2. The Hall–Kier alpha value is -0.990. The third kappa shape index (κ3) is 2.02. The fraction of sp³-hybridized carbons (Fsp3) is 0.700. The second kappa shape index (κ2) is 4.30. The van der Waals surface area contributed by atoms with Crippen molar-refractivity contribution in [2.75, 3.05) is 0 Å². The Morgan fingerprint density at radius 3 is 2.54 bits per heavy atom. The molecule has 13 heavy (non-hydrogen) atoms. The number of hydrogen-bond donors (Lipinski definition) is 1. The third-order valence-corrected chi connectivity index (χ3v) is 2.18. The molecule has 1 aromatic rings. The van der Waals surface area contributed by atoms with Gasteiger partial charge >= 0.3 is 0 Å². The smallest absolute Gasteiger partial charge is 0.212 e. The molecular weight excluding hydrogens is 164 g/mol. The van der Waals surface area contributed by atoms with E-state index in [-0.39, 0.29) is 0 Å². The fourth-order valence-electron chi connectivity index (χ4n) is 1.43. The monoisotopic (exact) mass is 182 g/mol. The van der Waals surface area contributed by atoms with Gasteiger partial charge in [0.25, 0.3) is 0 Å². The van der Waals surface area contributed by atoms with Crippen LogP contribution in [0.3, 0.4) is 0 Å². The van der Waals surface area contributed by atoms with Crippen LogP contribution < -0.4 is 0 Å². The van der Waals surface area contributed by atoms with Crippen molar-refractivity contribution in [1.82, 2.24) is 9.78 Å². The maximum Gasteiger partial charge on any atom is 0.212 e. The highest BCUT2D eigenvalue weighted by Gasteiger charge is 2.11. The molecule has 0 aliphatic rings. The molecule has 0 atom stereocenters. The Kier molecular flexibility index (Phi) is 3.34. The summed E-state index contributed by atoms with van der Waals surface area (Å²) in [6.45, 7) is 6.93. The van der Waals surface area contributed by atoms with Gasteiger partial charge in [-0.05, 0) is 19.8 Å². The van der Waals surface area contributed by atoms with Crippen molar-refractivity contribution in [2.45, 2.75) is 46.6 Å². The lowest BCUT2D eigenvalue weighted by Crippen LogP contribution is -1.98. The highest BCUT2D eigenvalue weighted by Crippen LogP contribution is 2.20. The molecule has 3 heteroatoms. The Morgan fingerprint density at radius 1 is 1.31 bits per heavy atom. The maximum absolute atomic E-state index is 9.68. The summed E-state index contributed by atoms with van der Waals surface area (Å²) in [5.41, 5.74) is 1.98. The molecule has 0 unspecified atom stereocenters. The van der Waals surface area contributed by atoms with E-state index in [4.69, 9.17) is 0 Å². The first-order valence-corrected chi connectivity index (χ1v) is 4.95. The molecule has 0 aromatic carbocycles. The van der Waals surface area contributed by atoms with E-state index in [0.717, 1.165) is 37.1 Å². The van der Waals surface area contributed by atoms with Gasteiger partial charge in [-0.3, -0.25) is 0 Å². The largest absolute Gasteiger partial charge is 0.493 e. The van der Waals surface area contributed by atoms with Gasteiger partial charge in [-0.1, -0.05) is 20.3 Å². The van der Waals surface area contributed by atoms with Crippen molar-refractivity contribution in [3.05, 3.63) is 11.3 Å². The summed E-state index contributed by atoms with van der Waals surface area (Å²) in [7, 11) is 0. The van der Waals surface area contributed by atoms with Crippen LogP contribution >= 0.6 is 0 Å². The van der Waals surface area contributed by atoms with Gasteiger partial charge in [0.15, 0.2) is 0 Å². The van der Waals surface area contributed by atoms with Crippen molar-refractivity contribution >= 4 is 0 Å². The SMILES string of the molecule is CCCc1nn(CCC)c(O)c1C. The van der Waals surface area contributed by atoms with Gasteiger partial charge in [0.2, 0.25) is 5.88 Å². The molecule has 0 aliphatic heterocycles. The number of nitrogens with zero attached hydrogens (tertiary/aromatic N) is 2. The highest BCUT2D eigenvalue weighted by molar-refractivity contribution is 5.28. The molecule has 1 heterocycles. The van der Waals surface area contributed by atoms with Crippen LogP contribution in [0.2, 0.25) is 0 Å². The number of aromatic hydroxyl groups is 1. The summed E-state index contributed by atoms with van der Waals surface area (Å²) in [6.07, 6.45) is 3.03. The predicted molar refractivity (Wildman–Crippen MR) is 52.9 cm³/mol. The van der Waals surface area contributed by atoms with Crippen LogP contribution in [-0.2, 0) is 13.0 Å². The lowest BCUT2D eigenvalue weighted by molar-refractivity contribution is 0.394. The van der Waals surface area contributed by atoms with Crippen LogP contribution in [0.4, 0.5) is 0 Å². The number of rotatable bonds is 4. The Balaban J connectivity index is 2.90. The average Bonchev–Trinajstić information content (AvgIpc) is 2.36. The van der Waals surface area contributed by atoms with Gasteiger partial charge < -0.3 is 5.11 Å². The predicted octanol–water partition coefficient (Wildman–Crippen LogP) is 2.26. The first-order valence-electron chi connectivity index (χ1n) is 4.95. The molecule has 0 aliphatic carbocycles. The molecule has 74 valence electrons. The second-order valence-electron chi connectivity index (χ2n) is 3.37. The van der Waals surface area contributed by atoms with Gasteiger partial charge in [-0.25, -0.2) is 4.68 Å². The third-order valence-electron chi connectivity index (χ3n) is 2.18. The van der Waals surface area contributed by atoms with E-state index < -0.39 is 0 Å². The normalized spacial score (nSPS) is 10.7. The average molecular weight is 182 g/mol. The summed E-state index contributed by atoms with van der Waals surface area (Å²) in [5, 5.41) is 14.0. The van der Waals surface area contributed by atoms with E-state index in [1.165, 1.54) is 0 Å². The molecular formula is C10H18N2O. The van der Waals surface area contributed by atoms with Crippen LogP contribution in [0.25, 0.3) is 0 Å². The fourth-order valence-corrected chi connectivity index (χ4v) is 1.43. The topological polar surface area (TPSA) is 38.0 Å². The quantitative estimate of drug-likeness (QED) is 0.775. The van der Waals surface area contributed by atoms with E-state index in [2.05, 4.69) is 18.9 Å². The minimum atomic E-state index is 0.338. The molecule has 3 nitrogen and oxygen atoms in total. The van der Waals surface area contributed by atoms with Crippen LogP contribution in [0.5, 0.6) is 5.88 Å². The van der Waals surface area contributed by atoms with E-state index in [0.29, 0.717) is 5.88 Å². The maximum atomic E-state index is 9.68. The van der Waals surface area contributed by atoms with E-state index in [1.54, 1.807) is 4.68 Å². The molecule has 0 fully saturated rings. The first-order chi connectivity index (χ1) is 6.20. The van der Waals surface area contributed by atoms with Gasteiger partial charge in [0.05, 0.1) is 5.69 Å². The van der Waals surface area contributed by atoms with E-state index >= 15 is 0 Å². The van der Waals surface area contributed by atoms with Crippen molar-refractivity contribution in [3.63, 3.8) is 0 Å². The summed E-state index contributed by atoms with van der Waals surface area (Å²) in [6, 6.07) is 0. The molecule has 1 N–H and O–H groups in total. The van der Waals surface area contributed by atoms with Crippen LogP contribution in [-0.4, -0.2) is 14.9 Å². The standard InChI is InChI=1S/C10H18N2O/c1-4-6-9-8(3)10(13)12(11-9)7-5-2/h13H,4-7H2,1-3H3. The highest BCUT2D eigenvalue weighted by atomic mass is 16.3. The Labute approximate surface area is 79.4 Å². The van der Waals surface area contributed by atoms with Crippen molar-refractivity contribution in [1.29, 1.82) is 0 Å². The molecule has 0 spiro atoms. The molecule has 1 rings (SSSR count). The molecule has 0 amide bonds. The van der Waals surface area contributed by atoms with Crippen LogP contribution in [0.1, 0.15) is 37.9 Å². The van der Waals surface area contributed by atoms with Gasteiger partial charge in [0.1, 0.15) is 0 Å². The van der Waals surface area contributed by atoms with E-state index in [9.17, 15) is 5.11 Å². The zero-order chi connectivity index (χ0) is 9.84. The summed E-state index contributed by atoms with van der Waals surface area (Å²) < 4.78 is 1.69. The minimum Gasteiger partial charge on any atom is -0.493 e. The summed E-state index contributed by atoms with van der Waals surface area (Å²) >= 11 is 0. The molecule has 0 saturated heterocycles. The lowest BCUT2D eigenvalue weighted by atomic mass is 10.2. The van der Waals surface area contributed by atoms with Crippen molar-refractivity contribution in [3.8, 4) is 5.88 Å². The Morgan fingerprint density at radius 2 is 2.00 bits per heavy atom. The molecule has 0 saturated carbocycles. The zero-order valence-electron chi connectivity index (χ0n) is 8.67. The van der Waals surface area contributed by atoms with Crippen molar-refractivity contribution in [2.24, 2.45) is 0 Å². The van der Waals surface area contributed by atoms with Gasteiger partial charge in [0, 0.05) is 12.1 Å². The van der Waals surface area contributed by atoms with E-state index in [1.807, 2.05) is 6.92 Å². The van der Waals surface area contributed by atoms with Gasteiger partial charge in [-0.15, -0.1) is 0 Å². The zero-order valence-corrected chi connectivity index (χ0v) is 8.67. The molecule has 1 aromatic heterocycles. The van der Waals surface area contributed by atoms with Crippen LogP contribution in [0, 0.1) is 6.92 Å². The second-order valence-corrected chi connectivity index (χ2v) is 3.37. The molecule has 0 radical (unpaired) electrons. The van der Waals surface area contributed by atoms with Crippen molar-refractivity contribution < 1.29 is 5.11 Å². The summed E-state index contributed by atoms with van der Waals surface area (Å²) in [5.74, 6) is 0.338. The Bertz CT molecular complexity index is 252.